The third-order valence-electron chi connectivity index (χ3n) is 4.01. The first-order valence-electron chi connectivity index (χ1n) is 9.94. The molecule has 0 aliphatic carbocycles. The van der Waals surface area contributed by atoms with Crippen molar-refractivity contribution in [2.24, 2.45) is 0 Å². The molecule has 0 saturated carbocycles. The molecule has 0 saturated heterocycles. The van der Waals surface area contributed by atoms with Gasteiger partial charge in [0.2, 0.25) is 0 Å². The van der Waals surface area contributed by atoms with Crippen molar-refractivity contribution in [2.75, 3.05) is 26.4 Å². The average molecular weight is 413 g/mol. The van der Waals surface area contributed by atoms with Crippen LogP contribution in [0.3, 0.4) is 0 Å². The van der Waals surface area contributed by atoms with Gasteiger partial charge < -0.3 is 19.5 Å². The fourth-order valence-corrected chi connectivity index (χ4v) is 2.46. The van der Waals surface area contributed by atoms with E-state index in [-0.39, 0.29) is 25.2 Å². The maximum atomic E-state index is 12.2. The molecular formula is C23H27NO6. The van der Waals surface area contributed by atoms with Crippen LogP contribution in [0.15, 0.2) is 54.6 Å². The molecule has 0 heterocycles. The van der Waals surface area contributed by atoms with Crippen molar-refractivity contribution in [3.05, 3.63) is 60.2 Å². The first kappa shape index (κ1) is 22.9. The molecule has 160 valence electrons. The van der Waals surface area contributed by atoms with Crippen molar-refractivity contribution in [1.82, 2.24) is 5.32 Å². The molecule has 2 aromatic carbocycles. The van der Waals surface area contributed by atoms with Gasteiger partial charge in [-0.25, -0.2) is 0 Å². The molecule has 0 fully saturated rings. The highest BCUT2D eigenvalue weighted by Gasteiger charge is 2.12. The van der Waals surface area contributed by atoms with Gasteiger partial charge in [-0.1, -0.05) is 25.1 Å². The first-order chi connectivity index (χ1) is 14.6. The number of esters is 1. The predicted molar refractivity (Wildman–Crippen MR) is 112 cm³/mol. The fourth-order valence-electron chi connectivity index (χ4n) is 2.46. The van der Waals surface area contributed by atoms with Crippen molar-refractivity contribution in [3.8, 4) is 11.5 Å². The van der Waals surface area contributed by atoms with Crippen molar-refractivity contribution in [3.63, 3.8) is 0 Å². The lowest BCUT2D eigenvalue weighted by molar-refractivity contribution is -0.148. The lowest BCUT2D eigenvalue weighted by Crippen LogP contribution is -2.32. The first-order valence-corrected chi connectivity index (χ1v) is 9.94. The van der Waals surface area contributed by atoms with Gasteiger partial charge in [0.05, 0.1) is 19.6 Å². The summed E-state index contributed by atoms with van der Waals surface area (Å²) in [4.78, 5) is 35.6. The summed E-state index contributed by atoms with van der Waals surface area (Å²) >= 11 is 0. The van der Waals surface area contributed by atoms with E-state index in [4.69, 9.17) is 14.2 Å². The minimum absolute atomic E-state index is 0.0144. The lowest BCUT2D eigenvalue weighted by atomic mass is 10.1. The topological polar surface area (TPSA) is 90.9 Å². The van der Waals surface area contributed by atoms with Crippen LogP contribution in [0.25, 0.3) is 0 Å². The molecule has 0 aliphatic heterocycles. The van der Waals surface area contributed by atoms with Gasteiger partial charge in [0.15, 0.2) is 12.4 Å². The zero-order valence-corrected chi connectivity index (χ0v) is 17.1. The molecule has 0 atom stereocenters. The van der Waals surface area contributed by atoms with E-state index >= 15 is 0 Å². The monoisotopic (exact) mass is 413 g/mol. The highest BCUT2D eigenvalue weighted by Crippen LogP contribution is 2.14. The molecule has 1 N–H and O–H groups in total. The van der Waals surface area contributed by atoms with Crippen LogP contribution in [0.5, 0.6) is 11.5 Å². The highest BCUT2D eigenvalue weighted by molar-refractivity contribution is 5.97. The van der Waals surface area contributed by atoms with Gasteiger partial charge >= 0.3 is 5.97 Å². The van der Waals surface area contributed by atoms with Gasteiger partial charge in [0.1, 0.15) is 18.1 Å². The quantitative estimate of drug-likeness (QED) is 0.308. The molecule has 7 heteroatoms. The molecule has 7 nitrogen and oxygen atoms in total. The third kappa shape index (κ3) is 8.77. The van der Waals surface area contributed by atoms with Gasteiger partial charge in [0, 0.05) is 12.0 Å². The van der Waals surface area contributed by atoms with Crippen molar-refractivity contribution in [1.29, 1.82) is 0 Å². The number of carbonyl (C=O) groups excluding carboxylic acids is 3. The molecule has 0 aliphatic rings. The van der Waals surface area contributed by atoms with E-state index < -0.39 is 11.9 Å². The maximum absolute atomic E-state index is 12.2. The summed E-state index contributed by atoms with van der Waals surface area (Å²) in [5.41, 5.74) is 0.503. The van der Waals surface area contributed by atoms with Gasteiger partial charge in [-0.15, -0.1) is 0 Å². The Morgan fingerprint density at radius 2 is 1.50 bits per heavy atom. The van der Waals surface area contributed by atoms with E-state index in [0.717, 1.165) is 6.42 Å². The molecule has 2 aromatic rings. The van der Waals surface area contributed by atoms with Crippen LogP contribution in [-0.2, 0) is 14.3 Å². The molecule has 2 rings (SSSR count). The summed E-state index contributed by atoms with van der Waals surface area (Å²) in [5, 5.41) is 2.60. The van der Waals surface area contributed by atoms with Gasteiger partial charge in [-0.3, -0.25) is 14.4 Å². The van der Waals surface area contributed by atoms with Crippen molar-refractivity contribution < 1.29 is 28.6 Å². The van der Waals surface area contributed by atoms with Crippen LogP contribution in [0.2, 0.25) is 0 Å². The van der Waals surface area contributed by atoms with Crippen molar-refractivity contribution in [2.45, 2.75) is 26.2 Å². The van der Waals surface area contributed by atoms with Crippen LogP contribution in [0, 0.1) is 0 Å². The SMILES string of the molecule is CCCOc1ccc(C(=O)CCC(=O)OCC(=O)NCCOc2ccccc2)cc1. The summed E-state index contributed by atoms with van der Waals surface area (Å²) in [6, 6.07) is 16.0. The smallest absolute Gasteiger partial charge is 0.306 e. The number of benzene rings is 2. The number of ketones is 1. The Morgan fingerprint density at radius 3 is 2.20 bits per heavy atom. The Kier molecular flexibility index (Phi) is 9.92. The molecule has 0 unspecified atom stereocenters. The summed E-state index contributed by atoms with van der Waals surface area (Å²) in [6.07, 6.45) is 0.833. The number of ether oxygens (including phenoxy) is 3. The minimum atomic E-state index is -0.595. The number of rotatable bonds is 13. The second kappa shape index (κ2) is 13.0. The zero-order chi connectivity index (χ0) is 21.6. The largest absolute Gasteiger partial charge is 0.494 e. The number of para-hydroxylation sites is 1. The van der Waals surface area contributed by atoms with E-state index in [0.29, 0.717) is 36.8 Å². The van der Waals surface area contributed by atoms with Crippen molar-refractivity contribution >= 4 is 17.7 Å². The lowest BCUT2D eigenvalue weighted by Gasteiger charge is -2.08. The Bertz CT molecular complexity index is 804. The Balaban J connectivity index is 1.58. The summed E-state index contributed by atoms with van der Waals surface area (Å²) in [7, 11) is 0. The summed E-state index contributed by atoms with van der Waals surface area (Å²) in [6.45, 7) is 2.85. The predicted octanol–water partition coefficient (Wildman–Crippen LogP) is 3.18. The third-order valence-corrected chi connectivity index (χ3v) is 4.01. The summed E-state index contributed by atoms with van der Waals surface area (Å²) < 4.78 is 15.8. The number of nitrogens with one attached hydrogen (secondary N) is 1. The van der Waals surface area contributed by atoms with Crippen LogP contribution >= 0.6 is 0 Å². The van der Waals surface area contributed by atoms with Crippen LogP contribution in [0.4, 0.5) is 0 Å². The Hall–Kier alpha value is -3.35. The fraction of sp³-hybridized carbons (Fsp3) is 0.348. The molecule has 30 heavy (non-hydrogen) atoms. The number of Topliss-reactive ketones (excluding diaryl/α,β-unsaturated/α-hetero) is 1. The Labute approximate surface area is 176 Å². The normalized spacial score (nSPS) is 10.2. The number of hydrogen-bond acceptors (Lipinski definition) is 6. The highest BCUT2D eigenvalue weighted by atomic mass is 16.5. The minimum Gasteiger partial charge on any atom is -0.494 e. The maximum Gasteiger partial charge on any atom is 0.306 e. The van der Waals surface area contributed by atoms with Gasteiger partial charge in [-0.2, -0.15) is 0 Å². The van der Waals surface area contributed by atoms with E-state index in [1.165, 1.54) is 0 Å². The van der Waals surface area contributed by atoms with Gasteiger partial charge in [0.25, 0.3) is 5.91 Å². The molecular weight excluding hydrogens is 386 g/mol. The molecule has 0 aromatic heterocycles. The average Bonchev–Trinajstić information content (AvgIpc) is 2.78. The second-order valence-corrected chi connectivity index (χ2v) is 6.47. The van der Waals surface area contributed by atoms with E-state index in [2.05, 4.69) is 5.32 Å². The van der Waals surface area contributed by atoms with Crippen LogP contribution < -0.4 is 14.8 Å². The number of amides is 1. The van der Waals surface area contributed by atoms with Crippen LogP contribution in [-0.4, -0.2) is 44.0 Å². The standard InChI is InChI=1S/C23H27NO6/c1-2-15-28-20-10-8-18(9-11-20)21(25)12-13-23(27)30-17-22(26)24-14-16-29-19-6-4-3-5-7-19/h3-11H,2,12-17H2,1H3,(H,24,26). The van der Waals surface area contributed by atoms with E-state index in [1.807, 2.05) is 37.3 Å². The zero-order valence-electron chi connectivity index (χ0n) is 17.1. The molecule has 0 spiro atoms. The van der Waals surface area contributed by atoms with Crippen LogP contribution in [0.1, 0.15) is 36.5 Å². The Morgan fingerprint density at radius 1 is 0.833 bits per heavy atom. The number of carbonyl (C=O) groups is 3. The molecule has 0 bridgehead atoms. The molecule has 1 amide bonds. The van der Waals surface area contributed by atoms with Gasteiger partial charge in [-0.05, 0) is 42.8 Å². The second-order valence-electron chi connectivity index (χ2n) is 6.47. The van der Waals surface area contributed by atoms with E-state index in [9.17, 15) is 14.4 Å². The molecule has 0 radical (unpaired) electrons. The number of hydrogen-bond donors (Lipinski definition) is 1. The summed E-state index contributed by atoms with van der Waals surface area (Å²) in [5.74, 6) is 0.228. The van der Waals surface area contributed by atoms with E-state index in [1.54, 1.807) is 24.3 Å².